The number of anilines is 1. The number of nitrogen functional groups attached to an aromatic ring is 1. The van der Waals surface area contributed by atoms with Crippen LogP contribution in [0.3, 0.4) is 0 Å². The lowest BCUT2D eigenvalue weighted by Crippen LogP contribution is -2.23. The molecule has 1 aromatic carbocycles. The quantitative estimate of drug-likeness (QED) is 0.801. The van der Waals surface area contributed by atoms with Gasteiger partial charge in [-0.2, -0.15) is 9.36 Å². The van der Waals surface area contributed by atoms with E-state index in [2.05, 4.69) is 10.4 Å². The van der Waals surface area contributed by atoms with Crippen LogP contribution in [-0.2, 0) is 7.05 Å². The molecular formula is C11H14FN5O. The van der Waals surface area contributed by atoms with Gasteiger partial charge in [0.1, 0.15) is 5.82 Å². The van der Waals surface area contributed by atoms with E-state index in [-0.39, 0.29) is 11.6 Å². The van der Waals surface area contributed by atoms with Crippen molar-refractivity contribution in [3.63, 3.8) is 0 Å². The molecule has 7 heteroatoms. The van der Waals surface area contributed by atoms with Crippen molar-refractivity contribution in [2.24, 2.45) is 7.05 Å². The van der Waals surface area contributed by atoms with Crippen molar-refractivity contribution in [1.82, 2.24) is 19.8 Å². The standard InChI is InChI=1S/C11H14FN5O/c1-6(2)7-4-8(12)9(13)5-10(7)17-11(18)16(3)14-15-17/h4-6H,13H2,1-3H3. The minimum atomic E-state index is -0.501. The molecule has 18 heavy (non-hydrogen) atoms. The maximum atomic E-state index is 13.5. The summed E-state index contributed by atoms with van der Waals surface area (Å²) < 4.78 is 15.7. The van der Waals surface area contributed by atoms with Gasteiger partial charge < -0.3 is 5.73 Å². The molecule has 0 fully saturated rings. The molecular weight excluding hydrogens is 237 g/mol. The normalized spacial score (nSPS) is 11.2. The molecule has 0 atom stereocenters. The van der Waals surface area contributed by atoms with Gasteiger partial charge in [0.25, 0.3) is 0 Å². The van der Waals surface area contributed by atoms with Gasteiger partial charge in [0, 0.05) is 7.05 Å². The molecule has 2 aromatic rings. The van der Waals surface area contributed by atoms with Crippen molar-refractivity contribution >= 4 is 5.69 Å². The minimum absolute atomic E-state index is 0.0213. The van der Waals surface area contributed by atoms with E-state index in [0.29, 0.717) is 11.3 Å². The molecule has 96 valence electrons. The van der Waals surface area contributed by atoms with Crippen molar-refractivity contribution in [2.45, 2.75) is 19.8 Å². The Bertz CT molecular complexity index is 643. The number of tetrazole rings is 1. The van der Waals surface area contributed by atoms with Crippen LogP contribution < -0.4 is 11.4 Å². The predicted octanol–water partition coefficient (Wildman–Crippen LogP) is 0.811. The van der Waals surface area contributed by atoms with Crippen molar-refractivity contribution < 1.29 is 4.39 Å². The zero-order valence-electron chi connectivity index (χ0n) is 10.4. The summed E-state index contributed by atoms with van der Waals surface area (Å²) in [6.07, 6.45) is 0. The molecule has 2 N–H and O–H groups in total. The summed E-state index contributed by atoms with van der Waals surface area (Å²) in [6, 6.07) is 2.73. The summed E-state index contributed by atoms with van der Waals surface area (Å²) in [5.41, 5.74) is 6.23. The lowest BCUT2D eigenvalue weighted by molar-refractivity contribution is 0.625. The van der Waals surface area contributed by atoms with Gasteiger partial charge in [-0.15, -0.1) is 0 Å². The van der Waals surface area contributed by atoms with Crippen LogP contribution in [0.1, 0.15) is 25.3 Å². The van der Waals surface area contributed by atoms with Gasteiger partial charge in [-0.3, -0.25) is 0 Å². The van der Waals surface area contributed by atoms with Crippen LogP contribution in [0.15, 0.2) is 16.9 Å². The first-order valence-corrected chi connectivity index (χ1v) is 5.50. The van der Waals surface area contributed by atoms with E-state index in [1.165, 1.54) is 19.2 Å². The third-order valence-electron chi connectivity index (χ3n) is 2.72. The molecule has 0 amide bonds. The Morgan fingerprint density at radius 2 is 2.00 bits per heavy atom. The van der Waals surface area contributed by atoms with Crippen molar-refractivity contribution in [3.8, 4) is 5.69 Å². The van der Waals surface area contributed by atoms with E-state index < -0.39 is 11.5 Å². The maximum absolute atomic E-state index is 13.5. The molecule has 0 saturated carbocycles. The van der Waals surface area contributed by atoms with Crippen LogP contribution in [0.4, 0.5) is 10.1 Å². The Hall–Kier alpha value is -2.18. The molecule has 0 saturated heterocycles. The fraction of sp³-hybridized carbons (Fsp3) is 0.364. The van der Waals surface area contributed by atoms with Crippen molar-refractivity contribution in [3.05, 3.63) is 34.0 Å². The van der Waals surface area contributed by atoms with Gasteiger partial charge in [-0.1, -0.05) is 13.8 Å². The summed E-state index contributed by atoms with van der Waals surface area (Å²) in [6.45, 7) is 3.80. The van der Waals surface area contributed by atoms with Gasteiger partial charge in [0.15, 0.2) is 0 Å². The first-order valence-electron chi connectivity index (χ1n) is 5.50. The first kappa shape index (κ1) is 12.3. The molecule has 0 unspecified atom stereocenters. The van der Waals surface area contributed by atoms with Crippen LogP contribution in [0.25, 0.3) is 5.69 Å². The van der Waals surface area contributed by atoms with Gasteiger partial charge in [-0.25, -0.2) is 9.18 Å². The van der Waals surface area contributed by atoms with Crippen molar-refractivity contribution in [1.29, 1.82) is 0 Å². The highest BCUT2D eigenvalue weighted by Gasteiger charge is 2.16. The monoisotopic (exact) mass is 251 g/mol. The average Bonchev–Trinajstić information content (AvgIpc) is 2.63. The van der Waals surface area contributed by atoms with Gasteiger partial charge in [0.05, 0.1) is 11.4 Å². The SMILES string of the molecule is CC(C)c1cc(F)c(N)cc1-n1nnn(C)c1=O. The van der Waals surface area contributed by atoms with Crippen LogP contribution >= 0.6 is 0 Å². The van der Waals surface area contributed by atoms with E-state index in [1.54, 1.807) is 0 Å². The Morgan fingerprint density at radius 1 is 1.33 bits per heavy atom. The zero-order valence-corrected chi connectivity index (χ0v) is 10.4. The lowest BCUT2D eigenvalue weighted by atomic mass is 10.0. The second-order valence-corrected chi connectivity index (χ2v) is 4.38. The number of benzene rings is 1. The average molecular weight is 251 g/mol. The van der Waals surface area contributed by atoms with Crippen molar-refractivity contribution in [2.75, 3.05) is 5.73 Å². The summed E-state index contributed by atoms with van der Waals surface area (Å²) in [5.74, 6) is -0.469. The molecule has 0 aliphatic carbocycles. The van der Waals surface area contributed by atoms with E-state index in [1.807, 2.05) is 13.8 Å². The summed E-state index contributed by atoms with van der Waals surface area (Å²) >= 11 is 0. The number of nitrogens with zero attached hydrogens (tertiary/aromatic N) is 4. The van der Waals surface area contributed by atoms with Crippen LogP contribution in [0.2, 0.25) is 0 Å². The predicted molar refractivity (Wildman–Crippen MR) is 65.1 cm³/mol. The second kappa shape index (κ2) is 4.25. The molecule has 0 spiro atoms. The lowest BCUT2D eigenvalue weighted by Gasteiger charge is -2.12. The van der Waals surface area contributed by atoms with Crippen LogP contribution in [0.5, 0.6) is 0 Å². The Labute approximate surface area is 103 Å². The first-order chi connectivity index (χ1) is 8.41. The minimum Gasteiger partial charge on any atom is -0.396 e. The fourth-order valence-corrected chi connectivity index (χ4v) is 1.70. The highest BCUT2D eigenvalue weighted by Crippen LogP contribution is 2.26. The maximum Gasteiger partial charge on any atom is 0.368 e. The van der Waals surface area contributed by atoms with Gasteiger partial charge in [0.2, 0.25) is 0 Å². The number of hydrogen-bond donors (Lipinski definition) is 1. The molecule has 1 aromatic heterocycles. The number of halogens is 1. The van der Waals surface area contributed by atoms with E-state index >= 15 is 0 Å². The summed E-state index contributed by atoms with van der Waals surface area (Å²) in [4.78, 5) is 11.8. The van der Waals surface area contributed by atoms with E-state index in [9.17, 15) is 9.18 Å². The third-order valence-corrected chi connectivity index (χ3v) is 2.72. The number of nitrogens with two attached hydrogens (primary N) is 1. The highest BCUT2D eigenvalue weighted by molar-refractivity contribution is 5.54. The van der Waals surface area contributed by atoms with Crippen LogP contribution in [-0.4, -0.2) is 19.8 Å². The largest absolute Gasteiger partial charge is 0.396 e. The summed E-state index contributed by atoms with van der Waals surface area (Å²) in [5, 5.41) is 7.37. The molecule has 2 rings (SSSR count). The Balaban J connectivity index is 2.74. The highest BCUT2D eigenvalue weighted by atomic mass is 19.1. The number of aromatic nitrogens is 4. The summed E-state index contributed by atoms with van der Waals surface area (Å²) in [7, 11) is 1.49. The van der Waals surface area contributed by atoms with E-state index in [0.717, 1.165) is 9.36 Å². The third kappa shape index (κ3) is 1.87. The number of hydrogen-bond acceptors (Lipinski definition) is 4. The van der Waals surface area contributed by atoms with Gasteiger partial charge in [-0.05, 0) is 34.0 Å². The number of aryl methyl sites for hydroxylation is 1. The molecule has 6 nitrogen and oxygen atoms in total. The molecule has 0 aliphatic heterocycles. The number of rotatable bonds is 2. The molecule has 0 radical (unpaired) electrons. The molecule has 1 heterocycles. The Kier molecular flexibility index (Phi) is 2.90. The van der Waals surface area contributed by atoms with Gasteiger partial charge >= 0.3 is 5.69 Å². The zero-order chi connectivity index (χ0) is 13.4. The smallest absolute Gasteiger partial charge is 0.368 e. The van der Waals surface area contributed by atoms with E-state index in [4.69, 9.17) is 5.73 Å². The topological polar surface area (TPSA) is 78.7 Å². The molecule has 0 bridgehead atoms. The fourth-order valence-electron chi connectivity index (χ4n) is 1.70. The Morgan fingerprint density at radius 3 is 2.50 bits per heavy atom. The van der Waals surface area contributed by atoms with Crippen LogP contribution in [0, 0.1) is 5.82 Å². The second-order valence-electron chi connectivity index (χ2n) is 4.38. The molecule has 0 aliphatic rings.